The molecule has 0 bridgehead atoms. The summed E-state index contributed by atoms with van der Waals surface area (Å²) in [6.45, 7) is 2.16. The van der Waals surface area contributed by atoms with E-state index in [1.165, 1.54) is 5.56 Å². The summed E-state index contributed by atoms with van der Waals surface area (Å²) < 4.78 is 9.71. The van der Waals surface area contributed by atoms with Gasteiger partial charge in [-0.3, -0.25) is 9.99 Å². The summed E-state index contributed by atoms with van der Waals surface area (Å²) in [4.78, 5) is 5.14. The summed E-state index contributed by atoms with van der Waals surface area (Å²) in [7, 11) is 0. The number of nitrogens with zero attached hydrogens (tertiary/aromatic N) is 3. The zero-order valence-electron chi connectivity index (χ0n) is 20.2. The number of benzene rings is 3. The van der Waals surface area contributed by atoms with Crippen molar-refractivity contribution in [3.8, 4) is 17.1 Å². The highest BCUT2D eigenvalue weighted by Gasteiger charge is 2.53. The first-order valence-electron chi connectivity index (χ1n) is 12.4. The molecule has 1 atom stereocenters. The van der Waals surface area contributed by atoms with Gasteiger partial charge in [0.15, 0.2) is 0 Å². The zero-order chi connectivity index (χ0) is 25.6. The van der Waals surface area contributed by atoms with Gasteiger partial charge in [0.1, 0.15) is 11.5 Å². The lowest BCUT2D eigenvalue weighted by molar-refractivity contribution is 0.177. The third-order valence-electron chi connectivity index (χ3n) is 6.99. The normalized spacial score (nSPS) is 17.7. The summed E-state index contributed by atoms with van der Waals surface area (Å²) in [6, 6.07) is 24.2. The Morgan fingerprint density at radius 3 is 2.49 bits per heavy atom. The third kappa shape index (κ3) is 4.45. The number of aromatic nitrogens is 2. The first kappa shape index (κ1) is 24.5. The monoisotopic (exact) mass is 594 g/mol. The molecule has 1 N–H and O–H groups in total. The Hall–Kier alpha value is -2.80. The Bertz CT molecular complexity index is 1480. The molecule has 1 aromatic heterocycles. The van der Waals surface area contributed by atoms with E-state index >= 15 is 0 Å². The Labute approximate surface area is 234 Å². The summed E-state index contributed by atoms with van der Waals surface area (Å²) in [5.74, 6) is 1.47. The molecule has 2 aliphatic rings. The molecule has 0 spiro atoms. The van der Waals surface area contributed by atoms with Crippen molar-refractivity contribution < 1.29 is 4.74 Å². The van der Waals surface area contributed by atoms with Gasteiger partial charge in [-0.05, 0) is 67.3 Å². The number of imidazole rings is 1. The van der Waals surface area contributed by atoms with Crippen molar-refractivity contribution in [2.45, 2.75) is 44.2 Å². The maximum Gasteiger partial charge on any atom is 0.231 e. The fourth-order valence-electron chi connectivity index (χ4n) is 5.00. The quantitative estimate of drug-likeness (QED) is 0.234. The summed E-state index contributed by atoms with van der Waals surface area (Å²) in [6.07, 6.45) is 3.30. The molecule has 1 unspecified atom stereocenters. The number of ether oxygens (including phenoxy) is 1. The number of hydrogen-bond donors (Lipinski definition) is 1. The smallest absolute Gasteiger partial charge is 0.231 e. The van der Waals surface area contributed by atoms with Crippen LogP contribution in [0.3, 0.4) is 0 Å². The summed E-state index contributed by atoms with van der Waals surface area (Å²) in [5.41, 5.74) is 7.99. The van der Waals surface area contributed by atoms with Gasteiger partial charge in [-0.25, -0.2) is 4.98 Å². The van der Waals surface area contributed by atoms with E-state index in [-0.39, 0.29) is 5.41 Å². The van der Waals surface area contributed by atoms with E-state index in [1.807, 2.05) is 30.3 Å². The molecule has 0 radical (unpaired) electrons. The minimum atomic E-state index is -0.487. The Balaban J connectivity index is 1.44. The highest BCUT2D eigenvalue weighted by atomic mass is 79.9. The van der Waals surface area contributed by atoms with Crippen LogP contribution in [0.5, 0.6) is 0 Å². The van der Waals surface area contributed by atoms with Gasteiger partial charge >= 0.3 is 0 Å². The van der Waals surface area contributed by atoms with Crippen LogP contribution in [-0.2, 0) is 16.6 Å². The molecule has 1 aliphatic carbocycles. The van der Waals surface area contributed by atoms with Crippen LogP contribution in [-0.4, -0.2) is 15.4 Å². The van der Waals surface area contributed by atoms with Crippen molar-refractivity contribution in [2.75, 3.05) is 0 Å². The average Bonchev–Trinajstić information content (AvgIpc) is 3.42. The molecule has 0 amide bonds. The number of hydrazone groups is 1. The fourth-order valence-corrected chi connectivity index (χ4v) is 5.76. The second-order valence-corrected chi connectivity index (χ2v) is 11.2. The minimum absolute atomic E-state index is 0.162. The third-order valence-corrected chi connectivity index (χ3v) is 8.07. The molecule has 6 rings (SSSR count). The topological polar surface area (TPSA) is 51.4 Å². The number of rotatable bonds is 7. The molecule has 1 fully saturated rings. The van der Waals surface area contributed by atoms with E-state index in [2.05, 4.69) is 74.3 Å². The second-order valence-electron chi connectivity index (χ2n) is 9.45. The summed E-state index contributed by atoms with van der Waals surface area (Å²) in [5, 5.41) is 5.80. The molecule has 1 saturated carbocycles. The van der Waals surface area contributed by atoms with Crippen LogP contribution < -0.4 is 5.43 Å². The predicted molar refractivity (Wildman–Crippen MR) is 152 cm³/mol. The van der Waals surface area contributed by atoms with Crippen LogP contribution in [0.15, 0.2) is 82.4 Å². The van der Waals surface area contributed by atoms with Gasteiger partial charge < -0.3 is 4.74 Å². The van der Waals surface area contributed by atoms with Gasteiger partial charge in [-0.15, -0.1) is 5.10 Å². The van der Waals surface area contributed by atoms with Gasteiger partial charge in [-0.2, -0.15) is 0 Å². The van der Waals surface area contributed by atoms with Crippen molar-refractivity contribution in [3.05, 3.63) is 104 Å². The Morgan fingerprint density at radius 2 is 1.81 bits per heavy atom. The van der Waals surface area contributed by atoms with Crippen molar-refractivity contribution in [1.29, 1.82) is 0 Å². The van der Waals surface area contributed by atoms with Gasteiger partial charge in [0, 0.05) is 20.7 Å². The van der Waals surface area contributed by atoms with E-state index < -0.39 is 6.23 Å². The van der Waals surface area contributed by atoms with Crippen molar-refractivity contribution in [1.82, 2.24) is 15.0 Å². The SMILES string of the molecule is CCCc1c(C2NN=C(C3(c4ccccc4)CC3)O2)nc(-c2ccc(Cl)cc2Cl)n1-c1ccc(Br)cc1. The van der Waals surface area contributed by atoms with Gasteiger partial charge in [0.2, 0.25) is 12.1 Å². The van der Waals surface area contributed by atoms with Crippen LogP contribution in [0, 0.1) is 0 Å². The molecular formula is C29H25BrCl2N4O. The van der Waals surface area contributed by atoms with Crippen molar-refractivity contribution in [3.63, 3.8) is 0 Å². The van der Waals surface area contributed by atoms with Crippen LogP contribution in [0.4, 0.5) is 0 Å². The van der Waals surface area contributed by atoms with E-state index in [4.69, 9.17) is 32.9 Å². The Morgan fingerprint density at radius 1 is 1.05 bits per heavy atom. The van der Waals surface area contributed by atoms with Crippen molar-refractivity contribution in [2.24, 2.45) is 5.10 Å². The predicted octanol–water partition coefficient (Wildman–Crippen LogP) is 8.22. The maximum atomic E-state index is 6.69. The molecule has 0 saturated heterocycles. The molecule has 2 heterocycles. The van der Waals surface area contributed by atoms with E-state index in [9.17, 15) is 0 Å². The summed E-state index contributed by atoms with van der Waals surface area (Å²) >= 11 is 16.5. The van der Waals surface area contributed by atoms with E-state index in [0.29, 0.717) is 10.0 Å². The number of nitrogens with one attached hydrogen (secondary N) is 1. The van der Waals surface area contributed by atoms with Crippen LogP contribution in [0.2, 0.25) is 10.0 Å². The van der Waals surface area contributed by atoms with Crippen LogP contribution in [0.25, 0.3) is 17.1 Å². The molecule has 5 nitrogen and oxygen atoms in total. The number of halogens is 3. The highest BCUT2D eigenvalue weighted by Crippen LogP contribution is 2.51. The van der Waals surface area contributed by atoms with Crippen LogP contribution >= 0.6 is 39.1 Å². The molecule has 1 aliphatic heterocycles. The standard InChI is InChI=1S/C29H25BrCl2N4O/c1-2-6-24-25(27-34-35-28(37-27)29(15-16-29)18-7-4-3-5-8-18)33-26(22-14-11-20(31)17-23(22)32)36(24)21-12-9-19(30)10-13-21/h3-5,7-14,17,27,34H,2,6,15-16H2,1H3. The van der Waals surface area contributed by atoms with E-state index in [0.717, 1.165) is 64.5 Å². The molecular weight excluding hydrogens is 571 g/mol. The maximum absolute atomic E-state index is 6.69. The molecule has 188 valence electrons. The molecule has 37 heavy (non-hydrogen) atoms. The van der Waals surface area contributed by atoms with Crippen molar-refractivity contribution >= 4 is 45.0 Å². The number of hydrogen-bond acceptors (Lipinski definition) is 4. The fraction of sp³-hybridized carbons (Fsp3) is 0.241. The first-order valence-corrected chi connectivity index (χ1v) is 13.9. The lowest BCUT2D eigenvalue weighted by Gasteiger charge is -2.17. The first-order chi connectivity index (χ1) is 18.0. The average molecular weight is 596 g/mol. The lowest BCUT2D eigenvalue weighted by Crippen LogP contribution is -2.22. The molecule has 8 heteroatoms. The van der Waals surface area contributed by atoms with Gasteiger partial charge in [-0.1, -0.05) is 82.8 Å². The second kappa shape index (κ2) is 9.82. The van der Waals surface area contributed by atoms with Crippen LogP contribution in [0.1, 0.15) is 49.4 Å². The minimum Gasteiger partial charge on any atom is -0.448 e. The Kier molecular flexibility index (Phi) is 6.51. The van der Waals surface area contributed by atoms with Gasteiger partial charge in [0.25, 0.3) is 0 Å². The van der Waals surface area contributed by atoms with Gasteiger partial charge in [0.05, 0.1) is 16.1 Å². The van der Waals surface area contributed by atoms with E-state index in [1.54, 1.807) is 6.07 Å². The molecule has 4 aromatic rings. The molecule has 3 aromatic carbocycles. The highest BCUT2D eigenvalue weighted by molar-refractivity contribution is 9.10. The zero-order valence-corrected chi connectivity index (χ0v) is 23.3. The lowest BCUT2D eigenvalue weighted by atomic mass is 9.96. The largest absolute Gasteiger partial charge is 0.448 e.